The van der Waals surface area contributed by atoms with E-state index in [1.54, 1.807) is 0 Å². The van der Waals surface area contributed by atoms with Crippen molar-refractivity contribution < 1.29 is 14.3 Å². The van der Waals surface area contributed by atoms with Gasteiger partial charge in [-0.25, -0.2) is 0 Å². The smallest absolute Gasteiger partial charge is 0.233 e. The van der Waals surface area contributed by atoms with Crippen molar-refractivity contribution in [1.29, 1.82) is 0 Å². The summed E-state index contributed by atoms with van der Waals surface area (Å²) in [5.41, 5.74) is 2.78. The minimum absolute atomic E-state index is 0.169. The van der Waals surface area contributed by atoms with Crippen molar-refractivity contribution in [2.75, 3.05) is 25.6 Å². The average molecular weight is 398 g/mol. The van der Waals surface area contributed by atoms with Crippen LogP contribution >= 0.6 is 11.8 Å². The number of hydrogen-bond acceptors (Lipinski definition) is 6. The molecule has 5 rings (SSSR count). The van der Waals surface area contributed by atoms with Gasteiger partial charge in [0.25, 0.3) is 0 Å². The molecule has 4 heterocycles. The number of likely N-dealkylation sites (tertiary alicyclic amines) is 1. The highest BCUT2D eigenvalue weighted by Gasteiger charge is 2.23. The third-order valence-corrected chi connectivity index (χ3v) is 6.37. The number of amides is 1. The Kier molecular flexibility index (Phi) is 4.30. The fourth-order valence-electron chi connectivity index (χ4n) is 4.02. The number of hydrogen-bond donors (Lipinski definition) is 0. The Balaban J connectivity index is 1.48. The molecule has 8 heteroatoms. The lowest BCUT2D eigenvalue weighted by atomic mass is 10.0. The van der Waals surface area contributed by atoms with Gasteiger partial charge in [-0.1, -0.05) is 18.7 Å². The molecule has 1 atom stereocenters. The van der Waals surface area contributed by atoms with Crippen LogP contribution in [0.2, 0.25) is 0 Å². The number of carbonyl (C=O) groups is 1. The topological polar surface area (TPSA) is 69.0 Å². The fourth-order valence-corrected chi connectivity index (χ4v) is 4.87. The maximum Gasteiger partial charge on any atom is 0.233 e. The van der Waals surface area contributed by atoms with E-state index in [4.69, 9.17) is 9.47 Å². The van der Waals surface area contributed by atoms with Crippen molar-refractivity contribution in [3.8, 4) is 11.5 Å². The van der Waals surface area contributed by atoms with E-state index in [9.17, 15) is 4.79 Å². The summed E-state index contributed by atoms with van der Waals surface area (Å²) in [7, 11) is 0. The van der Waals surface area contributed by atoms with Crippen LogP contribution in [0.15, 0.2) is 23.4 Å². The minimum atomic E-state index is 0.169. The molecular weight excluding hydrogens is 376 g/mol. The van der Waals surface area contributed by atoms with Crippen LogP contribution in [-0.2, 0) is 4.79 Å². The standard InChI is InChI=1S/C20H22N4O3S/c1-12-4-3-5-23(9-12)18(25)10-28-20-22-21-19-13(2)6-14-7-16-17(27-11-26-16)8-15(14)24(19)20/h6-8,12H,3-5,9-11H2,1-2H3/t12-/m0/s1. The van der Waals surface area contributed by atoms with E-state index in [0.29, 0.717) is 11.7 Å². The molecule has 0 radical (unpaired) electrons. The summed E-state index contributed by atoms with van der Waals surface area (Å²) in [6.45, 7) is 6.17. The van der Waals surface area contributed by atoms with E-state index >= 15 is 0 Å². The second-order valence-electron chi connectivity index (χ2n) is 7.61. The summed E-state index contributed by atoms with van der Waals surface area (Å²) in [6.07, 6.45) is 2.29. The lowest BCUT2D eigenvalue weighted by Gasteiger charge is -2.30. The van der Waals surface area contributed by atoms with Crippen LogP contribution < -0.4 is 9.47 Å². The van der Waals surface area contributed by atoms with E-state index in [1.807, 2.05) is 28.4 Å². The van der Waals surface area contributed by atoms with Gasteiger partial charge in [0.2, 0.25) is 12.7 Å². The Labute approximate surface area is 167 Å². The van der Waals surface area contributed by atoms with Crippen molar-refractivity contribution in [1.82, 2.24) is 19.5 Å². The van der Waals surface area contributed by atoms with E-state index in [2.05, 4.69) is 23.2 Å². The number of carbonyl (C=O) groups excluding carboxylic acids is 1. The SMILES string of the molecule is Cc1cc2cc3c(cc2n2c(SCC(=O)N4CCC[C@H](C)C4)nnc12)OCO3. The van der Waals surface area contributed by atoms with Gasteiger partial charge < -0.3 is 14.4 Å². The predicted octanol–water partition coefficient (Wildman–Crippen LogP) is 3.27. The number of ether oxygens (including phenoxy) is 2. The van der Waals surface area contributed by atoms with E-state index in [0.717, 1.165) is 58.3 Å². The Morgan fingerprint density at radius 3 is 2.89 bits per heavy atom. The maximum atomic E-state index is 12.7. The second kappa shape index (κ2) is 6.84. The van der Waals surface area contributed by atoms with Gasteiger partial charge in [-0.2, -0.15) is 0 Å². The molecule has 2 aliphatic heterocycles. The summed E-state index contributed by atoms with van der Waals surface area (Å²) < 4.78 is 13.1. The van der Waals surface area contributed by atoms with Gasteiger partial charge >= 0.3 is 0 Å². The normalized spacial score (nSPS) is 18.9. The summed E-state index contributed by atoms with van der Waals surface area (Å²) in [4.78, 5) is 14.6. The average Bonchev–Trinajstić information content (AvgIpc) is 3.31. The molecular formula is C20H22N4O3S. The molecule has 1 aromatic carbocycles. The van der Waals surface area contributed by atoms with Gasteiger partial charge in [-0.15, -0.1) is 10.2 Å². The van der Waals surface area contributed by atoms with Gasteiger partial charge in [0.1, 0.15) is 0 Å². The zero-order valence-electron chi connectivity index (χ0n) is 16.0. The number of rotatable bonds is 3. The molecule has 3 aromatic rings. The maximum absolute atomic E-state index is 12.7. The first-order valence-electron chi connectivity index (χ1n) is 9.59. The van der Waals surface area contributed by atoms with Crippen LogP contribution in [0.25, 0.3) is 16.6 Å². The van der Waals surface area contributed by atoms with Gasteiger partial charge in [-0.05, 0) is 43.4 Å². The highest BCUT2D eigenvalue weighted by Crippen LogP contribution is 2.37. The number of thioether (sulfide) groups is 1. The number of benzene rings is 1. The zero-order chi connectivity index (χ0) is 19.3. The molecule has 0 aliphatic carbocycles. The molecule has 0 N–H and O–H groups in total. The number of aromatic nitrogens is 3. The van der Waals surface area contributed by atoms with Crippen molar-refractivity contribution in [2.24, 2.45) is 5.92 Å². The molecule has 2 aliphatic rings. The van der Waals surface area contributed by atoms with Crippen LogP contribution in [0.4, 0.5) is 0 Å². The lowest BCUT2D eigenvalue weighted by Crippen LogP contribution is -2.40. The molecule has 0 bridgehead atoms. The minimum Gasteiger partial charge on any atom is -0.454 e. The number of pyridine rings is 1. The summed E-state index contributed by atoms with van der Waals surface area (Å²) >= 11 is 1.44. The van der Waals surface area contributed by atoms with Crippen molar-refractivity contribution in [3.05, 3.63) is 23.8 Å². The Hall–Kier alpha value is -2.48. The molecule has 0 spiro atoms. The van der Waals surface area contributed by atoms with Gasteiger partial charge in [0.15, 0.2) is 22.3 Å². The monoisotopic (exact) mass is 398 g/mol. The predicted molar refractivity (Wildman–Crippen MR) is 107 cm³/mol. The van der Waals surface area contributed by atoms with Gasteiger partial charge in [0, 0.05) is 24.5 Å². The molecule has 146 valence electrons. The number of piperidine rings is 1. The quantitative estimate of drug-likeness (QED) is 0.631. The summed E-state index contributed by atoms with van der Waals surface area (Å²) in [5, 5.41) is 10.5. The zero-order valence-corrected chi connectivity index (χ0v) is 16.8. The molecule has 7 nitrogen and oxygen atoms in total. The third-order valence-electron chi connectivity index (χ3n) is 5.46. The van der Waals surface area contributed by atoms with Gasteiger partial charge in [0.05, 0.1) is 11.3 Å². The van der Waals surface area contributed by atoms with Crippen LogP contribution in [0.3, 0.4) is 0 Å². The first kappa shape index (κ1) is 17.6. The van der Waals surface area contributed by atoms with E-state index in [-0.39, 0.29) is 12.7 Å². The fraction of sp³-hybridized carbons (Fsp3) is 0.450. The van der Waals surface area contributed by atoms with Crippen LogP contribution in [-0.4, -0.2) is 51.0 Å². The third kappa shape index (κ3) is 2.96. The van der Waals surface area contributed by atoms with Crippen molar-refractivity contribution >= 4 is 34.2 Å². The van der Waals surface area contributed by atoms with Crippen LogP contribution in [0, 0.1) is 12.8 Å². The van der Waals surface area contributed by atoms with E-state index in [1.165, 1.54) is 18.2 Å². The molecule has 28 heavy (non-hydrogen) atoms. The van der Waals surface area contributed by atoms with Gasteiger partial charge in [-0.3, -0.25) is 9.20 Å². The molecule has 0 saturated carbocycles. The Morgan fingerprint density at radius 1 is 1.25 bits per heavy atom. The highest BCUT2D eigenvalue weighted by atomic mass is 32.2. The molecule has 1 amide bonds. The first-order chi connectivity index (χ1) is 13.6. The molecule has 2 aromatic heterocycles. The second-order valence-corrected chi connectivity index (χ2v) is 8.55. The highest BCUT2D eigenvalue weighted by molar-refractivity contribution is 7.99. The molecule has 1 fully saturated rings. The van der Waals surface area contributed by atoms with Crippen LogP contribution in [0.5, 0.6) is 11.5 Å². The largest absolute Gasteiger partial charge is 0.454 e. The first-order valence-corrected chi connectivity index (χ1v) is 10.6. The van der Waals surface area contributed by atoms with Crippen molar-refractivity contribution in [2.45, 2.75) is 31.8 Å². The van der Waals surface area contributed by atoms with Crippen LogP contribution in [0.1, 0.15) is 25.3 Å². The number of fused-ring (bicyclic) bond motifs is 4. The molecule has 1 saturated heterocycles. The lowest BCUT2D eigenvalue weighted by molar-refractivity contribution is -0.130. The molecule has 0 unspecified atom stereocenters. The van der Waals surface area contributed by atoms with E-state index < -0.39 is 0 Å². The number of nitrogens with zero attached hydrogens (tertiary/aromatic N) is 4. The summed E-state index contributed by atoms with van der Waals surface area (Å²) in [6, 6.07) is 6.03. The Morgan fingerprint density at radius 2 is 2.07 bits per heavy atom. The number of aryl methyl sites for hydroxylation is 1. The summed E-state index contributed by atoms with van der Waals surface area (Å²) in [5.74, 6) is 2.59. The van der Waals surface area contributed by atoms with Crippen molar-refractivity contribution in [3.63, 3.8) is 0 Å². The Bertz CT molecular complexity index is 1080.